The minimum absolute atomic E-state index is 0.0859. The zero-order valence-corrected chi connectivity index (χ0v) is 15.0. The predicted molar refractivity (Wildman–Crippen MR) is 100 cm³/mol. The van der Waals surface area contributed by atoms with Crippen molar-refractivity contribution in [1.82, 2.24) is 14.9 Å². The number of benzene rings is 1. The second-order valence-corrected chi connectivity index (χ2v) is 6.37. The lowest BCUT2D eigenvalue weighted by Crippen LogP contribution is -2.26. The summed E-state index contributed by atoms with van der Waals surface area (Å²) in [6, 6.07) is 8.26. The lowest BCUT2D eigenvalue weighted by molar-refractivity contribution is -0.117. The Labute approximate surface area is 145 Å². The second kappa shape index (κ2) is 9.26. The van der Waals surface area contributed by atoms with E-state index in [0.29, 0.717) is 12.1 Å². The fourth-order valence-corrected chi connectivity index (χ4v) is 2.88. The molecule has 0 unspecified atom stereocenters. The highest BCUT2D eigenvalue weighted by Gasteiger charge is 2.10. The maximum absolute atomic E-state index is 11.6. The molecule has 4 heteroatoms. The number of amides is 1. The summed E-state index contributed by atoms with van der Waals surface area (Å²) in [6.45, 7) is 9.21. The van der Waals surface area contributed by atoms with Crippen LogP contribution in [-0.2, 0) is 17.8 Å². The number of imidazole rings is 1. The van der Waals surface area contributed by atoms with Crippen molar-refractivity contribution >= 4 is 16.9 Å². The predicted octanol–water partition coefficient (Wildman–Crippen LogP) is 4.24. The minimum Gasteiger partial charge on any atom is -0.352 e. The Hall–Kier alpha value is -2.10. The number of para-hydroxylation sites is 2. The highest BCUT2D eigenvalue weighted by molar-refractivity contribution is 5.92. The number of unbranched alkanes of at least 4 members (excludes halogenated alkanes) is 4. The van der Waals surface area contributed by atoms with Gasteiger partial charge in [0.1, 0.15) is 5.82 Å². The smallest absolute Gasteiger partial charge is 0.246 e. The van der Waals surface area contributed by atoms with Crippen LogP contribution in [-0.4, -0.2) is 22.0 Å². The molecule has 130 valence electrons. The van der Waals surface area contributed by atoms with Crippen LogP contribution in [0.2, 0.25) is 0 Å². The van der Waals surface area contributed by atoms with E-state index < -0.39 is 0 Å². The van der Waals surface area contributed by atoms with Crippen LogP contribution in [0.3, 0.4) is 0 Å². The van der Waals surface area contributed by atoms with Gasteiger partial charge in [0, 0.05) is 25.1 Å². The summed E-state index contributed by atoms with van der Waals surface area (Å²) in [5, 5.41) is 2.89. The number of nitrogens with one attached hydrogen (secondary N) is 1. The Morgan fingerprint density at radius 1 is 1.21 bits per heavy atom. The molecule has 24 heavy (non-hydrogen) atoms. The number of carbonyl (C=O) groups is 1. The van der Waals surface area contributed by atoms with Crippen molar-refractivity contribution in [2.45, 2.75) is 58.9 Å². The van der Waals surface area contributed by atoms with E-state index in [2.05, 4.69) is 41.6 Å². The molecule has 1 aromatic carbocycles. The van der Waals surface area contributed by atoms with Gasteiger partial charge in [-0.15, -0.1) is 0 Å². The highest BCUT2D eigenvalue weighted by Crippen LogP contribution is 2.18. The molecule has 0 aliphatic rings. The molecule has 0 aliphatic carbocycles. The lowest BCUT2D eigenvalue weighted by Gasteiger charge is -2.10. The number of nitrogens with zero attached hydrogens (tertiary/aromatic N) is 2. The molecule has 0 saturated heterocycles. The van der Waals surface area contributed by atoms with Crippen molar-refractivity contribution in [3.05, 3.63) is 42.2 Å². The Morgan fingerprint density at radius 2 is 1.96 bits per heavy atom. The van der Waals surface area contributed by atoms with E-state index in [9.17, 15) is 4.79 Å². The third-order valence-corrected chi connectivity index (χ3v) is 4.24. The van der Waals surface area contributed by atoms with Crippen molar-refractivity contribution in [3.8, 4) is 0 Å². The molecule has 0 saturated carbocycles. The van der Waals surface area contributed by atoms with Crippen molar-refractivity contribution in [1.29, 1.82) is 0 Å². The van der Waals surface area contributed by atoms with Crippen LogP contribution in [0.15, 0.2) is 36.4 Å². The third kappa shape index (κ3) is 4.95. The van der Waals surface area contributed by atoms with Crippen LogP contribution in [0.5, 0.6) is 0 Å². The van der Waals surface area contributed by atoms with Crippen LogP contribution in [0.25, 0.3) is 11.0 Å². The maximum atomic E-state index is 11.6. The SMILES string of the molecule is C=C(C)C(=O)NCCc1nc2ccccc2n1CCCCCCC. The van der Waals surface area contributed by atoms with E-state index in [1.54, 1.807) is 6.92 Å². The normalized spacial score (nSPS) is 10.9. The zero-order valence-electron chi connectivity index (χ0n) is 15.0. The van der Waals surface area contributed by atoms with Crippen molar-refractivity contribution in [3.63, 3.8) is 0 Å². The van der Waals surface area contributed by atoms with E-state index in [0.717, 1.165) is 24.3 Å². The first-order valence-electron chi connectivity index (χ1n) is 9.01. The zero-order chi connectivity index (χ0) is 17.4. The van der Waals surface area contributed by atoms with E-state index >= 15 is 0 Å². The van der Waals surface area contributed by atoms with E-state index in [1.807, 2.05) is 6.07 Å². The molecule has 2 aromatic rings. The number of aromatic nitrogens is 2. The summed E-state index contributed by atoms with van der Waals surface area (Å²) >= 11 is 0. The van der Waals surface area contributed by atoms with Gasteiger partial charge in [-0.25, -0.2) is 4.98 Å². The van der Waals surface area contributed by atoms with Crippen LogP contribution in [0.1, 0.15) is 51.8 Å². The molecular formula is C20H29N3O. The minimum atomic E-state index is -0.0859. The van der Waals surface area contributed by atoms with Crippen LogP contribution in [0, 0.1) is 0 Å². The number of hydrogen-bond donors (Lipinski definition) is 1. The Bertz CT molecular complexity index is 687. The highest BCUT2D eigenvalue weighted by atomic mass is 16.1. The van der Waals surface area contributed by atoms with E-state index in [4.69, 9.17) is 4.98 Å². The molecule has 0 spiro atoms. The summed E-state index contributed by atoms with van der Waals surface area (Å²) in [6.07, 6.45) is 7.04. The number of aryl methyl sites for hydroxylation is 1. The van der Waals surface area contributed by atoms with Gasteiger partial charge in [-0.05, 0) is 25.5 Å². The number of rotatable bonds is 10. The van der Waals surface area contributed by atoms with Gasteiger partial charge in [-0.2, -0.15) is 0 Å². The third-order valence-electron chi connectivity index (χ3n) is 4.24. The lowest BCUT2D eigenvalue weighted by atomic mass is 10.1. The van der Waals surface area contributed by atoms with Gasteiger partial charge in [-0.3, -0.25) is 4.79 Å². The Kier molecular flexibility index (Phi) is 7.04. The molecule has 0 aliphatic heterocycles. The molecule has 0 atom stereocenters. The Morgan fingerprint density at radius 3 is 2.71 bits per heavy atom. The number of hydrogen-bond acceptors (Lipinski definition) is 2. The van der Waals surface area contributed by atoms with Crippen LogP contribution in [0.4, 0.5) is 0 Å². The molecule has 1 aromatic heterocycles. The maximum Gasteiger partial charge on any atom is 0.246 e. The molecule has 4 nitrogen and oxygen atoms in total. The largest absolute Gasteiger partial charge is 0.352 e. The molecule has 2 rings (SSSR count). The average Bonchev–Trinajstić information content (AvgIpc) is 2.92. The topological polar surface area (TPSA) is 46.9 Å². The van der Waals surface area contributed by atoms with Gasteiger partial charge in [0.2, 0.25) is 5.91 Å². The van der Waals surface area contributed by atoms with Gasteiger partial charge in [0.25, 0.3) is 0 Å². The van der Waals surface area contributed by atoms with Crippen LogP contribution >= 0.6 is 0 Å². The second-order valence-electron chi connectivity index (χ2n) is 6.37. The summed E-state index contributed by atoms with van der Waals surface area (Å²) in [5.74, 6) is 0.964. The summed E-state index contributed by atoms with van der Waals surface area (Å²) in [4.78, 5) is 16.4. The van der Waals surface area contributed by atoms with Crippen LogP contribution < -0.4 is 5.32 Å². The molecule has 1 N–H and O–H groups in total. The van der Waals surface area contributed by atoms with Gasteiger partial charge in [0.05, 0.1) is 11.0 Å². The molecule has 0 radical (unpaired) electrons. The number of carbonyl (C=O) groups excluding carboxylic acids is 1. The first-order valence-corrected chi connectivity index (χ1v) is 9.01. The molecular weight excluding hydrogens is 298 g/mol. The first-order chi connectivity index (χ1) is 11.6. The monoisotopic (exact) mass is 327 g/mol. The fraction of sp³-hybridized carbons (Fsp3) is 0.500. The summed E-state index contributed by atoms with van der Waals surface area (Å²) in [7, 11) is 0. The quantitative estimate of drug-likeness (QED) is 0.524. The molecule has 0 bridgehead atoms. The van der Waals surface area contributed by atoms with Crippen molar-refractivity contribution in [2.24, 2.45) is 0 Å². The standard InChI is InChI=1S/C20H29N3O/c1-4-5-6-7-10-15-23-18-12-9-8-11-17(18)22-19(23)13-14-21-20(24)16(2)3/h8-9,11-12H,2,4-7,10,13-15H2,1,3H3,(H,21,24). The van der Waals surface area contributed by atoms with Crippen molar-refractivity contribution in [2.75, 3.05) is 6.54 Å². The molecule has 1 amide bonds. The van der Waals surface area contributed by atoms with Gasteiger partial charge < -0.3 is 9.88 Å². The summed E-state index contributed by atoms with van der Waals surface area (Å²) in [5.41, 5.74) is 2.76. The van der Waals surface area contributed by atoms with E-state index in [1.165, 1.54) is 37.6 Å². The number of fused-ring (bicyclic) bond motifs is 1. The van der Waals surface area contributed by atoms with Gasteiger partial charge in [-0.1, -0.05) is 51.3 Å². The van der Waals surface area contributed by atoms with Gasteiger partial charge in [0.15, 0.2) is 0 Å². The average molecular weight is 327 g/mol. The molecule has 1 heterocycles. The Balaban J connectivity index is 2.02. The fourth-order valence-electron chi connectivity index (χ4n) is 2.88. The van der Waals surface area contributed by atoms with Crippen molar-refractivity contribution < 1.29 is 4.79 Å². The van der Waals surface area contributed by atoms with Gasteiger partial charge >= 0.3 is 0 Å². The summed E-state index contributed by atoms with van der Waals surface area (Å²) < 4.78 is 2.31. The molecule has 0 fully saturated rings. The van der Waals surface area contributed by atoms with E-state index in [-0.39, 0.29) is 5.91 Å². The first kappa shape index (κ1) is 18.2.